The second-order valence-electron chi connectivity index (χ2n) is 15.3. The second-order valence-corrected chi connectivity index (χ2v) is 15.3. The van der Waals surface area contributed by atoms with Gasteiger partial charge in [0.25, 0.3) is 0 Å². The molecule has 3 atom stereocenters. The number of hydrogen-bond donors (Lipinski definition) is 5. The molecule has 0 rings (SSSR count). The van der Waals surface area contributed by atoms with Gasteiger partial charge in [-0.05, 0) is 114 Å². The normalized spacial score (nSPS) is 13.5. The first-order valence-electron chi connectivity index (χ1n) is 17.6. The summed E-state index contributed by atoms with van der Waals surface area (Å²) in [6, 6.07) is -1.72. The molecule has 15 nitrogen and oxygen atoms in total. The lowest BCUT2D eigenvalue weighted by molar-refractivity contribution is -0.145. The minimum absolute atomic E-state index is 0.228. The summed E-state index contributed by atoms with van der Waals surface area (Å²) >= 11 is 0. The molecule has 290 valence electrons. The standard InChI is InChI=1S/C35H65N5O10/c1-24(29(43)47-11)18-12-15-21-36-27(41)25(39-31(45)49-34(5,6)7)19-13-16-22-37-28(42)26(40-32(46)50-35(8,9)10)20-14-17-23-38-30(44)48-33(2,3)4/h24-26H,12-23H2,1-11H3,(H,36,41)(H,37,42)(H,38,44)(H,39,45)(H,40,46)/t24-,25-,26-/m0/s1. The third-order valence-corrected chi connectivity index (χ3v) is 6.79. The van der Waals surface area contributed by atoms with Crippen molar-refractivity contribution >= 4 is 36.1 Å². The molecule has 0 radical (unpaired) electrons. The smallest absolute Gasteiger partial charge is 0.408 e. The van der Waals surface area contributed by atoms with Crippen LogP contribution < -0.4 is 26.6 Å². The summed E-state index contributed by atoms with van der Waals surface area (Å²) in [5.74, 6) is -1.25. The number of rotatable bonds is 20. The first-order chi connectivity index (χ1) is 23.0. The summed E-state index contributed by atoms with van der Waals surface area (Å²) in [5, 5.41) is 13.6. The van der Waals surface area contributed by atoms with Gasteiger partial charge in [0.1, 0.15) is 28.9 Å². The monoisotopic (exact) mass is 715 g/mol. The Morgan fingerprint density at radius 3 is 1.20 bits per heavy atom. The summed E-state index contributed by atoms with van der Waals surface area (Å²) in [6.07, 6.45) is 2.72. The molecule has 0 fully saturated rings. The first-order valence-corrected chi connectivity index (χ1v) is 17.6. The van der Waals surface area contributed by atoms with Crippen LogP contribution >= 0.6 is 0 Å². The molecule has 15 heteroatoms. The summed E-state index contributed by atoms with van der Waals surface area (Å²) in [5.41, 5.74) is -2.11. The predicted octanol–water partition coefficient (Wildman–Crippen LogP) is 4.85. The molecule has 0 aliphatic heterocycles. The van der Waals surface area contributed by atoms with Crippen LogP contribution in [0.25, 0.3) is 0 Å². The Balaban J connectivity index is 5.06. The molecule has 50 heavy (non-hydrogen) atoms. The van der Waals surface area contributed by atoms with Gasteiger partial charge in [0.05, 0.1) is 13.0 Å². The molecule has 0 aliphatic carbocycles. The Morgan fingerprint density at radius 1 is 0.500 bits per heavy atom. The molecule has 0 aromatic rings. The van der Waals surface area contributed by atoms with Gasteiger partial charge in [-0.25, -0.2) is 14.4 Å². The fourth-order valence-corrected chi connectivity index (χ4v) is 4.45. The number of esters is 1. The molecule has 0 bridgehead atoms. The number of nitrogens with one attached hydrogen (secondary N) is 5. The number of ether oxygens (including phenoxy) is 4. The molecule has 0 saturated carbocycles. The highest BCUT2D eigenvalue weighted by Crippen LogP contribution is 2.12. The Morgan fingerprint density at radius 2 is 0.840 bits per heavy atom. The Kier molecular flexibility index (Phi) is 21.1. The van der Waals surface area contributed by atoms with Crippen molar-refractivity contribution in [1.29, 1.82) is 0 Å². The van der Waals surface area contributed by atoms with E-state index in [2.05, 4.69) is 26.6 Å². The van der Waals surface area contributed by atoms with Crippen LogP contribution in [0.2, 0.25) is 0 Å². The second kappa shape index (κ2) is 22.8. The number of carbonyl (C=O) groups excluding carboxylic acids is 6. The highest BCUT2D eigenvalue weighted by atomic mass is 16.6. The van der Waals surface area contributed by atoms with Gasteiger partial charge in [-0.1, -0.05) is 13.3 Å². The van der Waals surface area contributed by atoms with Gasteiger partial charge >= 0.3 is 24.2 Å². The van der Waals surface area contributed by atoms with E-state index in [1.807, 2.05) is 0 Å². The van der Waals surface area contributed by atoms with Crippen LogP contribution in [0.5, 0.6) is 0 Å². The lowest BCUT2D eigenvalue weighted by atomic mass is 10.0. The molecule has 5 amide bonds. The van der Waals surface area contributed by atoms with Crippen molar-refractivity contribution in [3.05, 3.63) is 0 Å². The van der Waals surface area contributed by atoms with E-state index in [-0.39, 0.29) is 24.3 Å². The zero-order valence-electron chi connectivity index (χ0n) is 32.3. The maximum Gasteiger partial charge on any atom is 0.408 e. The first kappa shape index (κ1) is 46.2. The topological polar surface area (TPSA) is 199 Å². The molecule has 0 saturated heterocycles. The minimum Gasteiger partial charge on any atom is -0.469 e. The fraction of sp³-hybridized carbons (Fsp3) is 0.829. The molecule has 0 aliphatic rings. The lowest BCUT2D eigenvalue weighted by Gasteiger charge is -2.24. The summed E-state index contributed by atoms with van der Waals surface area (Å²) in [6.45, 7) is 18.5. The van der Waals surface area contributed by atoms with E-state index in [1.54, 1.807) is 69.2 Å². The molecule has 0 aromatic carbocycles. The van der Waals surface area contributed by atoms with Crippen LogP contribution in [0.3, 0.4) is 0 Å². The van der Waals surface area contributed by atoms with Crippen LogP contribution in [0.1, 0.15) is 127 Å². The molecule has 0 heterocycles. The minimum atomic E-state index is -0.866. The SMILES string of the molecule is COC(=O)[C@@H](C)CCCCNC(=O)[C@H](CCCCNC(=O)[C@H](CCCCNC(=O)OC(C)(C)C)NC(=O)OC(C)(C)C)NC(=O)OC(C)(C)C. The van der Waals surface area contributed by atoms with Crippen molar-refractivity contribution in [2.75, 3.05) is 26.7 Å². The van der Waals surface area contributed by atoms with E-state index in [4.69, 9.17) is 18.9 Å². The number of hydrogen-bond acceptors (Lipinski definition) is 10. The van der Waals surface area contributed by atoms with Crippen LogP contribution in [-0.2, 0) is 33.3 Å². The summed E-state index contributed by atoms with van der Waals surface area (Å²) in [4.78, 5) is 74.5. The van der Waals surface area contributed by atoms with Gasteiger partial charge in [-0.3, -0.25) is 14.4 Å². The number of methoxy groups -OCH3 is 1. The summed E-state index contributed by atoms with van der Waals surface area (Å²) < 4.78 is 20.6. The molecule has 0 spiro atoms. The van der Waals surface area contributed by atoms with Crippen molar-refractivity contribution in [2.24, 2.45) is 5.92 Å². The largest absolute Gasteiger partial charge is 0.469 e. The Hall–Kier alpha value is -3.78. The maximum atomic E-state index is 13.1. The number of unbranched alkanes of at least 4 members (excludes halogenated alkanes) is 3. The van der Waals surface area contributed by atoms with E-state index < -0.39 is 53.1 Å². The van der Waals surface area contributed by atoms with E-state index in [0.29, 0.717) is 70.9 Å². The Bertz CT molecular complexity index is 1080. The van der Waals surface area contributed by atoms with Crippen molar-refractivity contribution in [3.63, 3.8) is 0 Å². The molecular weight excluding hydrogens is 650 g/mol. The number of carbonyl (C=O) groups is 6. The van der Waals surface area contributed by atoms with Crippen LogP contribution in [0, 0.1) is 5.92 Å². The summed E-state index contributed by atoms with van der Waals surface area (Å²) in [7, 11) is 1.35. The fourth-order valence-electron chi connectivity index (χ4n) is 4.45. The third kappa shape index (κ3) is 25.2. The van der Waals surface area contributed by atoms with E-state index in [9.17, 15) is 28.8 Å². The molecule has 5 N–H and O–H groups in total. The predicted molar refractivity (Wildman–Crippen MR) is 189 cm³/mol. The molecule has 0 unspecified atom stereocenters. The van der Waals surface area contributed by atoms with Crippen molar-refractivity contribution in [1.82, 2.24) is 26.6 Å². The molecule has 0 aromatic heterocycles. The Labute approximate surface area is 298 Å². The lowest BCUT2D eigenvalue weighted by Crippen LogP contribution is -2.49. The zero-order chi connectivity index (χ0) is 38.5. The highest BCUT2D eigenvalue weighted by Gasteiger charge is 2.26. The van der Waals surface area contributed by atoms with Crippen LogP contribution in [0.4, 0.5) is 14.4 Å². The zero-order valence-corrected chi connectivity index (χ0v) is 32.3. The average Bonchev–Trinajstić information content (AvgIpc) is 2.95. The highest BCUT2D eigenvalue weighted by molar-refractivity contribution is 5.86. The van der Waals surface area contributed by atoms with E-state index in [1.165, 1.54) is 7.11 Å². The van der Waals surface area contributed by atoms with Gasteiger partial charge < -0.3 is 45.5 Å². The number of amides is 5. The maximum absolute atomic E-state index is 13.1. The van der Waals surface area contributed by atoms with Gasteiger partial charge in [-0.15, -0.1) is 0 Å². The van der Waals surface area contributed by atoms with Crippen molar-refractivity contribution in [3.8, 4) is 0 Å². The van der Waals surface area contributed by atoms with Crippen LogP contribution in [0.15, 0.2) is 0 Å². The van der Waals surface area contributed by atoms with Crippen molar-refractivity contribution < 1.29 is 47.7 Å². The van der Waals surface area contributed by atoms with Gasteiger partial charge in [0.2, 0.25) is 11.8 Å². The van der Waals surface area contributed by atoms with Gasteiger partial charge in [-0.2, -0.15) is 0 Å². The quantitative estimate of drug-likeness (QED) is 0.0660. The van der Waals surface area contributed by atoms with Gasteiger partial charge in [0, 0.05) is 19.6 Å². The number of alkyl carbamates (subject to hydrolysis) is 3. The van der Waals surface area contributed by atoms with Crippen LogP contribution in [-0.4, -0.2) is 91.7 Å². The average molecular weight is 716 g/mol. The van der Waals surface area contributed by atoms with E-state index >= 15 is 0 Å². The van der Waals surface area contributed by atoms with Gasteiger partial charge in [0.15, 0.2) is 0 Å². The van der Waals surface area contributed by atoms with E-state index in [0.717, 1.165) is 0 Å². The molecular formula is C35H65N5O10. The third-order valence-electron chi connectivity index (χ3n) is 6.79. The van der Waals surface area contributed by atoms with Crippen molar-refractivity contribution in [2.45, 2.75) is 156 Å².